The van der Waals surface area contributed by atoms with Crippen LogP contribution in [0.2, 0.25) is 0 Å². The maximum absolute atomic E-state index is 8.90. The van der Waals surface area contributed by atoms with Crippen LogP contribution in [0.1, 0.15) is 28.5 Å². The maximum Gasteiger partial charge on any atom is 0.141 e. The Bertz CT molecular complexity index is 623. The highest BCUT2D eigenvalue weighted by atomic mass is 32.1. The fourth-order valence-electron chi connectivity index (χ4n) is 2.91. The van der Waals surface area contributed by atoms with Crippen LogP contribution < -0.4 is 5.73 Å². The summed E-state index contributed by atoms with van der Waals surface area (Å²) in [6.45, 7) is 1.93. The number of amidine groups is 1. The van der Waals surface area contributed by atoms with Crippen LogP contribution in [0, 0.1) is 0 Å². The maximum atomic E-state index is 8.90. The Hall–Kier alpha value is -1.85. The molecule has 0 radical (unpaired) electrons. The highest BCUT2D eigenvalue weighted by Crippen LogP contribution is 2.32. The predicted octanol–water partition coefficient (Wildman–Crippen LogP) is 2.98. The van der Waals surface area contributed by atoms with Gasteiger partial charge in [-0.15, -0.1) is 11.3 Å². The second kappa shape index (κ2) is 6.28. The van der Waals surface area contributed by atoms with E-state index in [9.17, 15) is 0 Å². The van der Waals surface area contributed by atoms with Crippen molar-refractivity contribution < 1.29 is 5.21 Å². The highest BCUT2D eigenvalue weighted by Gasteiger charge is 2.26. The first kappa shape index (κ1) is 14.1. The topological polar surface area (TPSA) is 61.8 Å². The second-order valence-corrected chi connectivity index (χ2v) is 6.31. The molecule has 1 aromatic heterocycles. The monoisotopic (exact) mass is 301 g/mol. The molecular formula is C16H19N3OS. The Balaban J connectivity index is 1.86. The fourth-order valence-corrected chi connectivity index (χ4v) is 3.80. The molecule has 3 rings (SSSR count). The van der Waals surface area contributed by atoms with Crippen molar-refractivity contribution in [2.45, 2.75) is 25.4 Å². The fraction of sp³-hybridized carbons (Fsp3) is 0.312. The van der Waals surface area contributed by atoms with Crippen molar-refractivity contribution in [2.24, 2.45) is 10.9 Å². The summed E-state index contributed by atoms with van der Waals surface area (Å²) in [5.41, 5.74) is 8.39. The molecule has 110 valence electrons. The van der Waals surface area contributed by atoms with Gasteiger partial charge >= 0.3 is 0 Å². The molecule has 3 N–H and O–H groups in total. The van der Waals surface area contributed by atoms with E-state index in [-0.39, 0.29) is 11.9 Å². The van der Waals surface area contributed by atoms with E-state index in [1.54, 1.807) is 0 Å². The number of oxime groups is 1. The number of hydrogen-bond donors (Lipinski definition) is 2. The van der Waals surface area contributed by atoms with E-state index in [1.807, 2.05) is 29.5 Å². The minimum atomic E-state index is 0.148. The van der Waals surface area contributed by atoms with Gasteiger partial charge in [0, 0.05) is 30.4 Å². The van der Waals surface area contributed by atoms with Crippen LogP contribution in [-0.2, 0) is 13.0 Å². The molecule has 5 heteroatoms. The van der Waals surface area contributed by atoms with Gasteiger partial charge in [0.15, 0.2) is 0 Å². The van der Waals surface area contributed by atoms with Crippen molar-refractivity contribution in [3.8, 4) is 0 Å². The Labute approximate surface area is 128 Å². The minimum Gasteiger partial charge on any atom is -0.409 e. The number of nitrogens with zero attached hydrogens (tertiary/aromatic N) is 2. The van der Waals surface area contributed by atoms with Crippen molar-refractivity contribution in [3.05, 3.63) is 57.8 Å². The molecule has 1 aliphatic heterocycles. The lowest BCUT2D eigenvalue weighted by Crippen LogP contribution is -2.35. The van der Waals surface area contributed by atoms with E-state index < -0.39 is 0 Å². The first-order chi connectivity index (χ1) is 10.3. The summed E-state index contributed by atoms with van der Waals surface area (Å²) < 4.78 is 0. The van der Waals surface area contributed by atoms with Crippen molar-refractivity contribution in [2.75, 3.05) is 6.54 Å². The summed E-state index contributed by atoms with van der Waals surface area (Å²) in [6, 6.07) is 12.7. The molecule has 0 bridgehead atoms. The Morgan fingerprint density at radius 1 is 1.33 bits per heavy atom. The Kier molecular flexibility index (Phi) is 4.22. The lowest BCUT2D eigenvalue weighted by molar-refractivity contribution is 0.183. The highest BCUT2D eigenvalue weighted by molar-refractivity contribution is 7.10. The zero-order chi connectivity index (χ0) is 14.7. The molecule has 1 atom stereocenters. The third-order valence-corrected chi connectivity index (χ3v) is 5.02. The second-order valence-electron chi connectivity index (χ2n) is 5.31. The number of nitrogens with two attached hydrogens (primary N) is 1. The van der Waals surface area contributed by atoms with Crippen LogP contribution in [0.25, 0.3) is 0 Å². The van der Waals surface area contributed by atoms with Crippen molar-refractivity contribution >= 4 is 17.2 Å². The number of thiophene rings is 1. The summed E-state index contributed by atoms with van der Waals surface area (Å²) in [4.78, 5) is 3.91. The van der Waals surface area contributed by atoms with Crippen LogP contribution >= 0.6 is 11.3 Å². The number of hydrogen-bond acceptors (Lipinski definition) is 4. The molecule has 0 fully saturated rings. The first-order valence-corrected chi connectivity index (χ1v) is 7.96. The number of rotatable bonds is 4. The lowest BCUT2D eigenvalue weighted by atomic mass is 9.98. The Morgan fingerprint density at radius 3 is 2.90 bits per heavy atom. The SMILES string of the molecule is NC(CC(c1ccccc1)N1CCc2sccc2C1)=NO. The molecule has 2 aromatic rings. The zero-order valence-corrected chi connectivity index (χ0v) is 12.6. The molecule has 0 spiro atoms. The molecule has 1 unspecified atom stereocenters. The molecule has 0 aliphatic carbocycles. The smallest absolute Gasteiger partial charge is 0.141 e. The molecule has 0 saturated heterocycles. The van der Waals surface area contributed by atoms with Crippen LogP contribution in [-0.4, -0.2) is 22.5 Å². The van der Waals surface area contributed by atoms with Gasteiger partial charge in [0.25, 0.3) is 0 Å². The summed E-state index contributed by atoms with van der Waals surface area (Å²) in [5, 5.41) is 14.2. The average Bonchev–Trinajstić information content (AvgIpc) is 3.00. The number of fused-ring (bicyclic) bond motifs is 1. The van der Waals surface area contributed by atoms with Crippen molar-refractivity contribution in [1.29, 1.82) is 0 Å². The normalized spacial score (nSPS) is 17.4. The van der Waals surface area contributed by atoms with Gasteiger partial charge in [0.05, 0.1) is 0 Å². The summed E-state index contributed by atoms with van der Waals surface area (Å²) >= 11 is 1.84. The van der Waals surface area contributed by atoms with Gasteiger partial charge in [0.2, 0.25) is 0 Å². The first-order valence-electron chi connectivity index (χ1n) is 7.08. The molecule has 0 amide bonds. The van der Waals surface area contributed by atoms with Crippen molar-refractivity contribution in [3.63, 3.8) is 0 Å². The molecule has 4 nitrogen and oxygen atoms in total. The van der Waals surface area contributed by atoms with Crippen molar-refractivity contribution in [1.82, 2.24) is 4.90 Å². The van der Waals surface area contributed by atoms with Gasteiger partial charge in [-0.05, 0) is 29.0 Å². The third-order valence-electron chi connectivity index (χ3n) is 3.99. The van der Waals surface area contributed by atoms with Gasteiger partial charge in [-0.3, -0.25) is 4.90 Å². The molecule has 2 heterocycles. The van der Waals surface area contributed by atoms with Crippen LogP contribution in [0.4, 0.5) is 0 Å². The standard InChI is InChI=1S/C16H19N3OS/c17-16(18-20)10-14(12-4-2-1-3-5-12)19-8-6-15-13(11-19)7-9-21-15/h1-5,7,9,14,20H,6,8,10-11H2,(H2,17,18). The quantitative estimate of drug-likeness (QED) is 0.395. The van der Waals surface area contributed by atoms with E-state index >= 15 is 0 Å². The zero-order valence-electron chi connectivity index (χ0n) is 11.8. The minimum absolute atomic E-state index is 0.148. The van der Waals surface area contributed by atoms with E-state index in [4.69, 9.17) is 10.9 Å². The molecule has 21 heavy (non-hydrogen) atoms. The van der Waals surface area contributed by atoms with E-state index in [0.29, 0.717) is 6.42 Å². The molecular weight excluding hydrogens is 282 g/mol. The lowest BCUT2D eigenvalue weighted by Gasteiger charge is -2.34. The van der Waals surface area contributed by atoms with Gasteiger partial charge in [-0.25, -0.2) is 0 Å². The van der Waals surface area contributed by atoms with Gasteiger partial charge < -0.3 is 10.9 Å². The summed E-state index contributed by atoms with van der Waals surface area (Å²) in [5.74, 6) is 0.278. The molecule has 1 aromatic carbocycles. The van der Waals surface area contributed by atoms with Gasteiger partial charge in [-0.1, -0.05) is 35.5 Å². The Morgan fingerprint density at radius 2 is 2.14 bits per heavy atom. The van der Waals surface area contributed by atoms with E-state index in [0.717, 1.165) is 19.5 Å². The molecule has 1 aliphatic rings. The van der Waals surface area contributed by atoms with Crippen LogP contribution in [0.15, 0.2) is 46.9 Å². The number of benzene rings is 1. The van der Waals surface area contributed by atoms with Crippen LogP contribution in [0.5, 0.6) is 0 Å². The molecule has 0 saturated carbocycles. The predicted molar refractivity (Wildman–Crippen MR) is 85.6 cm³/mol. The van der Waals surface area contributed by atoms with E-state index in [1.165, 1.54) is 16.0 Å². The third kappa shape index (κ3) is 3.09. The van der Waals surface area contributed by atoms with Crippen LogP contribution in [0.3, 0.4) is 0 Å². The van der Waals surface area contributed by atoms with E-state index in [2.05, 4.69) is 33.6 Å². The summed E-state index contributed by atoms with van der Waals surface area (Å²) in [7, 11) is 0. The average molecular weight is 301 g/mol. The van der Waals surface area contributed by atoms with Gasteiger partial charge in [0.1, 0.15) is 5.84 Å². The van der Waals surface area contributed by atoms with Gasteiger partial charge in [-0.2, -0.15) is 0 Å². The summed E-state index contributed by atoms with van der Waals surface area (Å²) in [6.07, 6.45) is 1.62. The largest absolute Gasteiger partial charge is 0.409 e.